The molecular weight excluding hydrogens is 92.1 g/mol. The molecule has 1 heterocycles. The summed E-state index contributed by atoms with van der Waals surface area (Å²) in [4.78, 5) is 11.7. The first kappa shape index (κ1) is 4.43. The van der Waals surface area contributed by atoms with Gasteiger partial charge in [-0.15, -0.1) is 0 Å². The van der Waals surface area contributed by atoms with Crippen LogP contribution in [0.5, 0.6) is 0 Å². The summed E-state index contributed by atoms with van der Waals surface area (Å²) in [6.45, 7) is 2.81. The van der Waals surface area contributed by atoms with Crippen LogP contribution in [0.4, 0.5) is 4.79 Å². The van der Waals surface area contributed by atoms with Crippen molar-refractivity contribution in [3.05, 3.63) is 0 Å². The third-order valence-corrected chi connectivity index (χ3v) is 1.14. The Bertz CT molecular complexity index is 102. The summed E-state index contributed by atoms with van der Waals surface area (Å²) in [6, 6.07) is 0.102. The average Bonchev–Trinajstić information content (AvgIpc) is 2.17. The molecule has 1 saturated heterocycles. The van der Waals surface area contributed by atoms with Crippen molar-refractivity contribution in [1.29, 1.82) is 0 Å². The number of hydrogen-bond acceptors (Lipinski definition) is 1. The molecule has 0 radical (unpaired) electrons. The van der Waals surface area contributed by atoms with Crippen LogP contribution in [-0.2, 0) is 0 Å². The second-order valence-corrected chi connectivity index (χ2v) is 1.84. The molecule has 0 aliphatic carbocycles. The van der Waals surface area contributed by atoms with E-state index in [1.165, 1.54) is 0 Å². The maximum atomic E-state index is 10.1. The Labute approximate surface area is 42.1 Å². The van der Waals surface area contributed by atoms with Crippen LogP contribution in [0.2, 0.25) is 0 Å². The lowest BCUT2D eigenvalue weighted by Crippen LogP contribution is -2.19. The summed E-state index contributed by atoms with van der Waals surface area (Å²) >= 11 is 0. The fourth-order valence-electron chi connectivity index (χ4n) is 0.545. The topological polar surface area (TPSA) is 46.1 Å². The summed E-state index contributed by atoms with van der Waals surface area (Å²) in [6.07, 6.45) is 0. The second kappa shape index (κ2) is 1.12. The molecule has 1 unspecified atom stereocenters. The molecule has 1 atom stereocenters. The minimum absolute atomic E-state index is 0.299. The highest BCUT2D eigenvalue weighted by Crippen LogP contribution is 2.13. The zero-order chi connectivity index (χ0) is 5.44. The minimum atomic E-state index is -0.299. The lowest BCUT2D eigenvalue weighted by Gasteiger charge is -1.89. The zero-order valence-electron chi connectivity index (χ0n) is 4.22. The van der Waals surface area contributed by atoms with Crippen molar-refractivity contribution in [3.63, 3.8) is 0 Å². The first-order valence-corrected chi connectivity index (χ1v) is 2.28. The van der Waals surface area contributed by atoms with Crippen LogP contribution in [-0.4, -0.2) is 23.5 Å². The molecule has 2 N–H and O–H groups in total. The summed E-state index contributed by atoms with van der Waals surface area (Å²) in [5.74, 6) is 0. The van der Waals surface area contributed by atoms with E-state index in [2.05, 4.69) is 0 Å². The number of primary amides is 1. The predicted octanol–water partition coefficient (Wildman–Crippen LogP) is -0.231. The number of urea groups is 1. The van der Waals surface area contributed by atoms with Crippen LogP contribution < -0.4 is 5.73 Å². The lowest BCUT2D eigenvalue weighted by molar-refractivity contribution is 0.236. The van der Waals surface area contributed by atoms with Gasteiger partial charge in [0, 0.05) is 12.6 Å². The van der Waals surface area contributed by atoms with E-state index in [0.29, 0.717) is 6.04 Å². The lowest BCUT2D eigenvalue weighted by atomic mass is 10.6. The van der Waals surface area contributed by atoms with Crippen LogP contribution >= 0.6 is 0 Å². The number of hydrogen-bond donors (Lipinski definition) is 1. The molecule has 3 nitrogen and oxygen atoms in total. The number of rotatable bonds is 0. The van der Waals surface area contributed by atoms with Crippen LogP contribution in [0, 0.1) is 0 Å². The van der Waals surface area contributed by atoms with Gasteiger partial charge in [-0.3, -0.25) is 0 Å². The van der Waals surface area contributed by atoms with Gasteiger partial charge in [-0.25, -0.2) is 4.79 Å². The molecule has 0 aromatic heterocycles. The molecule has 0 bridgehead atoms. The summed E-state index contributed by atoms with van der Waals surface area (Å²) in [5.41, 5.74) is 4.88. The summed E-state index contributed by atoms with van der Waals surface area (Å²) in [7, 11) is 0. The van der Waals surface area contributed by atoms with Gasteiger partial charge in [-0.1, -0.05) is 0 Å². The van der Waals surface area contributed by atoms with Gasteiger partial charge in [-0.2, -0.15) is 0 Å². The summed E-state index contributed by atoms with van der Waals surface area (Å²) in [5, 5.41) is 0. The minimum Gasteiger partial charge on any atom is -0.351 e. The van der Waals surface area contributed by atoms with Crippen molar-refractivity contribution in [3.8, 4) is 0 Å². The van der Waals surface area contributed by atoms with Crippen molar-refractivity contribution in [2.24, 2.45) is 5.73 Å². The Hall–Kier alpha value is -0.730. The SMILES string of the molecule is CC1CN1C(N)=O. The molecule has 0 spiro atoms. The fourth-order valence-corrected chi connectivity index (χ4v) is 0.545. The average molecular weight is 100 g/mol. The number of amides is 2. The van der Waals surface area contributed by atoms with Gasteiger partial charge >= 0.3 is 6.03 Å². The number of carbonyl (C=O) groups is 1. The van der Waals surface area contributed by atoms with E-state index in [4.69, 9.17) is 5.73 Å². The maximum absolute atomic E-state index is 10.1. The van der Waals surface area contributed by atoms with Gasteiger partial charge < -0.3 is 10.6 Å². The highest BCUT2D eigenvalue weighted by atomic mass is 16.2. The smallest absolute Gasteiger partial charge is 0.315 e. The molecule has 40 valence electrons. The molecular formula is C4H8N2O. The molecule has 0 saturated carbocycles. The summed E-state index contributed by atoms with van der Waals surface area (Å²) < 4.78 is 0. The first-order valence-electron chi connectivity index (χ1n) is 2.28. The largest absolute Gasteiger partial charge is 0.351 e. The molecule has 1 aliphatic heterocycles. The monoisotopic (exact) mass is 100 g/mol. The molecule has 0 aromatic carbocycles. The normalized spacial score (nSPS) is 27.6. The van der Waals surface area contributed by atoms with Crippen LogP contribution in [0.3, 0.4) is 0 Å². The van der Waals surface area contributed by atoms with Gasteiger partial charge in [0.2, 0.25) is 0 Å². The molecule has 3 heteroatoms. The van der Waals surface area contributed by atoms with Gasteiger partial charge in [0.25, 0.3) is 0 Å². The van der Waals surface area contributed by atoms with E-state index in [1.807, 2.05) is 6.92 Å². The molecule has 1 rings (SSSR count). The van der Waals surface area contributed by atoms with E-state index in [1.54, 1.807) is 4.90 Å². The molecule has 1 aliphatic rings. The Morgan fingerprint density at radius 1 is 2.00 bits per heavy atom. The van der Waals surface area contributed by atoms with E-state index < -0.39 is 0 Å². The van der Waals surface area contributed by atoms with Gasteiger partial charge in [0.05, 0.1) is 0 Å². The Morgan fingerprint density at radius 3 is 2.43 bits per heavy atom. The van der Waals surface area contributed by atoms with Crippen molar-refractivity contribution >= 4 is 6.03 Å². The molecule has 2 amide bonds. The quantitative estimate of drug-likeness (QED) is 0.420. The third-order valence-electron chi connectivity index (χ3n) is 1.14. The maximum Gasteiger partial charge on any atom is 0.315 e. The van der Waals surface area contributed by atoms with Crippen LogP contribution in [0.25, 0.3) is 0 Å². The van der Waals surface area contributed by atoms with Crippen LogP contribution in [0.15, 0.2) is 0 Å². The Morgan fingerprint density at radius 2 is 2.43 bits per heavy atom. The van der Waals surface area contributed by atoms with Crippen molar-refractivity contribution in [2.45, 2.75) is 13.0 Å². The fraction of sp³-hybridized carbons (Fsp3) is 0.750. The van der Waals surface area contributed by atoms with Gasteiger partial charge in [-0.05, 0) is 6.92 Å². The number of carbonyl (C=O) groups excluding carboxylic acids is 1. The van der Waals surface area contributed by atoms with Crippen LogP contribution in [0.1, 0.15) is 6.92 Å². The van der Waals surface area contributed by atoms with E-state index in [-0.39, 0.29) is 6.03 Å². The van der Waals surface area contributed by atoms with Crippen molar-refractivity contribution in [2.75, 3.05) is 6.54 Å². The standard InChI is InChI=1S/C4H8N2O/c1-3-2-6(3)4(5)7/h3H,2H2,1H3,(H2,5,7). The van der Waals surface area contributed by atoms with E-state index in [0.717, 1.165) is 6.54 Å². The molecule has 1 fully saturated rings. The molecule has 7 heavy (non-hydrogen) atoms. The van der Waals surface area contributed by atoms with E-state index >= 15 is 0 Å². The van der Waals surface area contributed by atoms with Gasteiger partial charge in [0.1, 0.15) is 0 Å². The third kappa shape index (κ3) is 0.656. The van der Waals surface area contributed by atoms with Gasteiger partial charge in [0.15, 0.2) is 0 Å². The highest BCUT2D eigenvalue weighted by molar-refractivity contribution is 5.74. The second-order valence-electron chi connectivity index (χ2n) is 1.84. The number of nitrogens with two attached hydrogens (primary N) is 1. The molecule has 0 aromatic rings. The Kier molecular flexibility index (Phi) is 0.708. The predicted molar refractivity (Wildman–Crippen MR) is 25.8 cm³/mol. The Balaban J connectivity index is 2.33. The number of nitrogens with zero attached hydrogens (tertiary/aromatic N) is 1. The highest BCUT2D eigenvalue weighted by Gasteiger charge is 2.31. The van der Waals surface area contributed by atoms with Crippen molar-refractivity contribution in [1.82, 2.24) is 4.90 Å². The van der Waals surface area contributed by atoms with Crippen molar-refractivity contribution < 1.29 is 4.79 Å². The first-order chi connectivity index (χ1) is 3.22. The zero-order valence-corrected chi connectivity index (χ0v) is 4.22. The van der Waals surface area contributed by atoms with E-state index in [9.17, 15) is 4.79 Å².